The Morgan fingerprint density at radius 1 is 0.725 bits per heavy atom. The van der Waals surface area contributed by atoms with E-state index in [9.17, 15) is 0 Å². The minimum Gasteiger partial charge on any atom is -0.305 e. The maximum Gasteiger partial charge on any atom is 0.0798 e. The quantitative estimate of drug-likeness (QED) is 0.130. The first-order valence-corrected chi connectivity index (χ1v) is 17.2. The number of pyridine rings is 2. The van der Waals surface area contributed by atoms with Gasteiger partial charge in [-0.2, -0.15) is 0 Å². The molecule has 207 valence electrons. The molecule has 5 aromatic rings. The zero-order valence-electron chi connectivity index (χ0n) is 24.3. The molecule has 0 saturated heterocycles. The Bertz CT molecular complexity index is 1480. The molecule has 0 unspecified atom stereocenters. The molecule has 0 spiro atoms. The number of nitrogens with zero attached hydrogens (tertiary/aromatic N) is 2. The fourth-order valence-electron chi connectivity index (χ4n) is 4.63. The van der Waals surface area contributed by atoms with Gasteiger partial charge in [0, 0.05) is 32.5 Å². The predicted octanol–water partition coefficient (Wildman–Crippen LogP) is 8.81. The van der Waals surface area contributed by atoms with Crippen molar-refractivity contribution in [3.8, 4) is 33.6 Å². The topological polar surface area (TPSA) is 25.8 Å². The van der Waals surface area contributed by atoms with Crippen LogP contribution in [0.3, 0.4) is 0 Å². The SMILES string of the molecule is CC(C)Cc1cc(-c2[c-]cccc2)ncc1[Si](C)(C)C.Cc1cnc(-c2[c-]cccc2)cc1-c1ccccc1.[Ir]. The molecule has 2 nitrogen and oxygen atoms in total. The van der Waals surface area contributed by atoms with Gasteiger partial charge in [-0.25, -0.2) is 0 Å². The van der Waals surface area contributed by atoms with E-state index in [0.717, 1.165) is 28.9 Å². The van der Waals surface area contributed by atoms with E-state index >= 15 is 0 Å². The Morgan fingerprint density at radius 3 is 1.80 bits per heavy atom. The molecule has 40 heavy (non-hydrogen) atoms. The van der Waals surface area contributed by atoms with Gasteiger partial charge < -0.3 is 9.97 Å². The molecule has 5 rings (SSSR count). The number of hydrogen-bond acceptors (Lipinski definition) is 2. The normalized spacial score (nSPS) is 10.9. The first kappa shape index (κ1) is 31.4. The standard InChI is InChI=1S/C18H24NSi.C18H14N.Ir/c1-14(2)11-16-12-17(15-9-7-6-8-10-15)19-13-18(16)20(3,4)5;1-14-13-19-18(16-10-6-3-7-11-16)12-17(14)15-8-4-2-5-9-15;/h6-9,12-14H,11H2,1-5H3;2-10,12-13H,1H3;/q2*-1;. The van der Waals surface area contributed by atoms with Crippen LogP contribution in [-0.4, -0.2) is 18.0 Å². The van der Waals surface area contributed by atoms with Crippen molar-refractivity contribution in [2.45, 2.75) is 46.8 Å². The van der Waals surface area contributed by atoms with Gasteiger partial charge in [-0.05, 0) is 52.5 Å². The van der Waals surface area contributed by atoms with Gasteiger partial charge >= 0.3 is 0 Å². The van der Waals surface area contributed by atoms with Gasteiger partial charge in [-0.15, -0.1) is 71.8 Å². The second kappa shape index (κ2) is 14.5. The van der Waals surface area contributed by atoms with Gasteiger partial charge in [0.2, 0.25) is 0 Å². The average molecular weight is 719 g/mol. The molecule has 1 radical (unpaired) electrons. The van der Waals surface area contributed by atoms with Gasteiger partial charge in [-0.3, -0.25) is 0 Å². The van der Waals surface area contributed by atoms with Crippen molar-refractivity contribution in [3.63, 3.8) is 0 Å². The minimum atomic E-state index is -1.34. The Balaban J connectivity index is 0.000000215. The van der Waals surface area contributed by atoms with Gasteiger partial charge in [0.15, 0.2) is 0 Å². The molecule has 2 aromatic heterocycles. The van der Waals surface area contributed by atoms with E-state index < -0.39 is 8.07 Å². The van der Waals surface area contributed by atoms with Crippen molar-refractivity contribution in [3.05, 3.63) is 127 Å². The fraction of sp³-hybridized carbons (Fsp3) is 0.222. The van der Waals surface area contributed by atoms with E-state index in [1.807, 2.05) is 54.7 Å². The molecule has 4 heteroatoms. The Morgan fingerprint density at radius 2 is 1.27 bits per heavy atom. The monoisotopic (exact) mass is 719 g/mol. The molecule has 0 aliphatic heterocycles. The molecule has 0 aliphatic rings. The van der Waals surface area contributed by atoms with Crippen LogP contribution in [0, 0.1) is 25.0 Å². The second-order valence-corrected chi connectivity index (χ2v) is 16.4. The molecule has 0 aliphatic carbocycles. The van der Waals surface area contributed by atoms with Crippen molar-refractivity contribution >= 4 is 13.3 Å². The zero-order valence-corrected chi connectivity index (χ0v) is 27.7. The summed E-state index contributed by atoms with van der Waals surface area (Å²) in [6.07, 6.45) is 5.17. The molecule has 0 amide bonds. The smallest absolute Gasteiger partial charge is 0.0798 e. The van der Waals surface area contributed by atoms with E-state index in [4.69, 9.17) is 0 Å². The van der Waals surface area contributed by atoms with E-state index in [0.29, 0.717) is 5.92 Å². The molecule has 0 bridgehead atoms. The third-order valence-electron chi connectivity index (χ3n) is 6.58. The third kappa shape index (κ3) is 8.41. The largest absolute Gasteiger partial charge is 0.305 e. The Hall–Kier alpha value is -3.17. The van der Waals surface area contributed by atoms with Gasteiger partial charge in [0.05, 0.1) is 8.07 Å². The molecular formula is C36H38IrN2Si-2. The van der Waals surface area contributed by atoms with Crippen LogP contribution in [0.1, 0.15) is 25.0 Å². The van der Waals surface area contributed by atoms with Crippen molar-refractivity contribution in [2.75, 3.05) is 0 Å². The first-order valence-electron chi connectivity index (χ1n) is 13.7. The Kier molecular flexibility index (Phi) is 11.3. The summed E-state index contributed by atoms with van der Waals surface area (Å²) in [6.45, 7) is 13.8. The van der Waals surface area contributed by atoms with Crippen LogP contribution in [0.5, 0.6) is 0 Å². The van der Waals surface area contributed by atoms with Crippen molar-refractivity contribution in [2.24, 2.45) is 5.92 Å². The Labute approximate surface area is 255 Å². The van der Waals surface area contributed by atoms with Crippen LogP contribution >= 0.6 is 0 Å². The maximum atomic E-state index is 4.69. The number of benzene rings is 3. The summed E-state index contributed by atoms with van der Waals surface area (Å²) in [5.41, 5.74) is 9.22. The van der Waals surface area contributed by atoms with E-state index in [1.54, 1.807) is 0 Å². The van der Waals surface area contributed by atoms with Crippen molar-refractivity contribution < 1.29 is 20.1 Å². The van der Waals surface area contributed by atoms with E-state index in [2.05, 4.69) is 111 Å². The molecule has 3 aromatic carbocycles. The van der Waals surface area contributed by atoms with Crippen molar-refractivity contribution in [1.82, 2.24) is 9.97 Å². The van der Waals surface area contributed by atoms with E-state index in [1.165, 1.54) is 27.4 Å². The molecule has 0 saturated carbocycles. The summed E-state index contributed by atoms with van der Waals surface area (Å²) >= 11 is 0. The summed E-state index contributed by atoms with van der Waals surface area (Å²) < 4.78 is 0. The van der Waals surface area contributed by atoms with Crippen LogP contribution in [0.15, 0.2) is 103 Å². The predicted molar refractivity (Wildman–Crippen MR) is 169 cm³/mol. The summed E-state index contributed by atoms with van der Waals surface area (Å²) in [5, 5.41) is 1.49. The van der Waals surface area contributed by atoms with Crippen LogP contribution in [0.25, 0.3) is 33.6 Å². The van der Waals surface area contributed by atoms with E-state index in [-0.39, 0.29) is 20.1 Å². The van der Waals surface area contributed by atoms with Gasteiger partial charge in [0.25, 0.3) is 0 Å². The van der Waals surface area contributed by atoms with Crippen LogP contribution in [0.2, 0.25) is 19.6 Å². The fourth-order valence-corrected chi connectivity index (χ4v) is 6.22. The molecule has 2 heterocycles. The van der Waals surface area contributed by atoms with Gasteiger partial charge in [-0.1, -0.05) is 81.5 Å². The van der Waals surface area contributed by atoms with Crippen LogP contribution in [-0.2, 0) is 26.5 Å². The summed E-state index contributed by atoms with van der Waals surface area (Å²) in [7, 11) is -1.34. The maximum absolute atomic E-state index is 4.69. The summed E-state index contributed by atoms with van der Waals surface area (Å²) in [5.74, 6) is 0.667. The van der Waals surface area contributed by atoms with Crippen LogP contribution < -0.4 is 5.19 Å². The molecule has 0 fully saturated rings. The summed E-state index contributed by atoms with van der Waals surface area (Å²) in [4.78, 5) is 9.19. The van der Waals surface area contributed by atoms with Crippen molar-refractivity contribution in [1.29, 1.82) is 0 Å². The number of hydrogen-bond donors (Lipinski definition) is 0. The number of rotatable bonds is 6. The first-order chi connectivity index (χ1) is 18.7. The molecule has 0 N–H and O–H groups in total. The second-order valence-electron chi connectivity index (χ2n) is 11.4. The minimum absolute atomic E-state index is 0. The molecular weight excluding hydrogens is 681 g/mol. The number of aryl methyl sites for hydroxylation is 1. The zero-order chi connectivity index (χ0) is 27.8. The van der Waals surface area contributed by atoms with Gasteiger partial charge in [0.1, 0.15) is 0 Å². The third-order valence-corrected chi connectivity index (χ3v) is 8.65. The van der Waals surface area contributed by atoms with Crippen LogP contribution in [0.4, 0.5) is 0 Å². The number of aromatic nitrogens is 2. The molecule has 0 atom stereocenters. The summed E-state index contributed by atoms with van der Waals surface area (Å²) in [6, 6.07) is 37.3. The average Bonchev–Trinajstić information content (AvgIpc) is 2.94.